The molecule has 22 heavy (non-hydrogen) atoms. The van der Waals surface area contributed by atoms with Crippen LogP contribution < -0.4 is 4.74 Å². The SMILES string of the molecule is CCC(=O)c1ccc(SCCOc2cc(C)ccc2C)cc1. The predicted octanol–water partition coefficient (Wildman–Crippen LogP) is 5.07. The van der Waals surface area contributed by atoms with Crippen LogP contribution in [0.3, 0.4) is 0 Å². The van der Waals surface area contributed by atoms with Crippen molar-refractivity contribution in [2.45, 2.75) is 32.1 Å². The van der Waals surface area contributed by atoms with Gasteiger partial charge in [-0.3, -0.25) is 4.79 Å². The van der Waals surface area contributed by atoms with Crippen LogP contribution in [0.25, 0.3) is 0 Å². The molecule has 2 rings (SSSR count). The molecule has 0 heterocycles. The van der Waals surface area contributed by atoms with Crippen molar-refractivity contribution in [2.24, 2.45) is 0 Å². The first-order valence-corrected chi connectivity index (χ1v) is 8.55. The molecule has 0 unspecified atom stereocenters. The van der Waals surface area contributed by atoms with E-state index in [-0.39, 0.29) is 5.78 Å². The quantitative estimate of drug-likeness (QED) is 0.405. The molecule has 116 valence electrons. The Morgan fingerprint density at radius 1 is 1.09 bits per heavy atom. The van der Waals surface area contributed by atoms with Crippen molar-refractivity contribution >= 4 is 17.5 Å². The largest absolute Gasteiger partial charge is 0.492 e. The first-order valence-electron chi connectivity index (χ1n) is 7.56. The third-order valence-corrected chi connectivity index (χ3v) is 4.43. The van der Waals surface area contributed by atoms with Gasteiger partial charge in [0.15, 0.2) is 5.78 Å². The van der Waals surface area contributed by atoms with Gasteiger partial charge in [0.25, 0.3) is 0 Å². The summed E-state index contributed by atoms with van der Waals surface area (Å²) in [4.78, 5) is 12.7. The highest BCUT2D eigenvalue weighted by Crippen LogP contribution is 2.22. The lowest BCUT2D eigenvalue weighted by molar-refractivity contribution is 0.0988. The number of ether oxygens (including phenoxy) is 1. The number of aryl methyl sites for hydroxylation is 2. The van der Waals surface area contributed by atoms with Gasteiger partial charge in [-0.15, -0.1) is 11.8 Å². The summed E-state index contributed by atoms with van der Waals surface area (Å²) in [5, 5.41) is 0. The van der Waals surface area contributed by atoms with E-state index in [0.717, 1.165) is 27.5 Å². The fourth-order valence-electron chi connectivity index (χ4n) is 2.12. The maximum absolute atomic E-state index is 11.6. The highest BCUT2D eigenvalue weighted by Gasteiger charge is 2.03. The highest BCUT2D eigenvalue weighted by atomic mass is 32.2. The third kappa shape index (κ3) is 4.63. The minimum Gasteiger partial charge on any atom is -0.492 e. The van der Waals surface area contributed by atoms with E-state index in [2.05, 4.69) is 32.0 Å². The Hall–Kier alpha value is -1.74. The zero-order valence-corrected chi connectivity index (χ0v) is 14.2. The van der Waals surface area contributed by atoms with E-state index < -0.39 is 0 Å². The molecule has 0 saturated heterocycles. The average Bonchev–Trinajstić information content (AvgIpc) is 2.54. The highest BCUT2D eigenvalue weighted by molar-refractivity contribution is 7.99. The summed E-state index contributed by atoms with van der Waals surface area (Å²) in [6, 6.07) is 14.1. The van der Waals surface area contributed by atoms with Crippen molar-refractivity contribution in [1.29, 1.82) is 0 Å². The molecule has 0 aliphatic rings. The van der Waals surface area contributed by atoms with Crippen LogP contribution in [0, 0.1) is 13.8 Å². The van der Waals surface area contributed by atoms with Gasteiger partial charge in [0.1, 0.15) is 5.75 Å². The second-order valence-corrected chi connectivity index (χ2v) is 6.44. The molecular formula is C19H22O2S. The van der Waals surface area contributed by atoms with Gasteiger partial charge in [0.05, 0.1) is 6.61 Å². The van der Waals surface area contributed by atoms with E-state index in [4.69, 9.17) is 4.74 Å². The standard InChI is InChI=1S/C19H22O2S/c1-4-18(20)16-7-9-17(10-8-16)22-12-11-21-19-13-14(2)5-6-15(19)3/h5-10,13H,4,11-12H2,1-3H3. The van der Waals surface area contributed by atoms with E-state index in [1.807, 2.05) is 31.2 Å². The van der Waals surface area contributed by atoms with Gasteiger partial charge in [0, 0.05) is 22.6 Å². The van der Waals surface area contributed by atoms with Gasteiger partial charge >= 0.3 is 0 Å². The molecule has 0 aliphatic heterocycles. The Morgan fingerprint density at radius 3 is 2.50 bits per heavy atom. The summed E-state index contributed by atoms with van der Waals surface area (Å²) in [6.45, 7) is 6.69. The lowest BCUT2D eigenvalue weighted by Crippen LogP contribution is -2.01. The molecule has 0 aliphatic carbocycles. The van der Waals surface area contributed by atoms with E-state index in [9.17, 15) is 4.79 Å². The molecular weight excluding hydrogens is 292 g/mol. The maximum Gasteiger partial charge on any atom is 0.162 e. The van der Waals surface area contributed by atoms with Crippen LogP contribution in [-0.4, -0.2) is 18.1 Å². The molecule has 0 amide bonds. The normalized spacial score (nSPS) is 10.5. The molecule has 2 aromatic carbocycles. The number of Topliss-reactive ketones (excluding diaryl/α,β-unsaturated/α-hetero) is 1. The summed E-state index contributed by atoms with van der Waals surface area (Å²) in [5.74, 6) is 2.04. The van der Waals surface area contributed by atoms with E-state index in [0.29, 0.717) is 13.0 Å². The number of benzene rings is 2. The monoisotopic (exact) mass is 314 g/mol. The summed E-state index contributed by atoms with van der Waals surface area (Å²) in [5.41, 5.74) is 3.17. The molecule has 2 nitrogen and oxygen atoms in total. The Morgan fingerprint density at radius 2 is 1.82 bits per heavy atom. The molecule has 3 heteroatoms. The van der Waals surface area contributed by atoms with Crippen molar-refractivity contribution in [1.82, 2.24) is 0 Å². The molecule has 2 aromatic rings. The van der Waals surface area contributed by atoms with Crippen LogP contribution in [-0.2, 0) is 0 Å². The number of ketones is 1. The van der Waals surface area contributed by atoms with Crippen LogP contribution in [0.5, 0.6) is 5.75 Å². The summed E-state index contributed by atoms with van der Waals surface area (Å²) >= 11 is 1.74. The van der Waals surface area contributed by atoms with Gasteiger partial charge in [-0.25, -0.2) is 0 Å². The van der Waals surface area contributed by atoms with Crippen LogP contribution in [0.4, 0.5) is 0 Å². The first-order chi connectivity index (χ1) is 10.6. The molecule has 0 fully saturated rings. The van der Waals surface area contributed by atoms with Crippen LogP contribution in [0.15, 0.2) is 47.4 Å². The van der Waals surface area contributed by atoms with Crippen molar-refractivity contribution in [3.8, 4) is 5.75 Å². The number of carbonyl (C=O) groups excluding carboxylic acids is 1. The van der Waals surface area contributed by atoms with Crippen LogP contribution in [0.1, 0.15) is 34.8 Å². The van der Waals surface area contributed by atoms with Gasteiger partial charge in [-0.1, -0.05) is 31.2 Å². The Balaban J connectivity index is 1.81. The lowest BCUT2D eigenvalue weighted by atomic mass is 10.1. The van der Waals surface area contributed by atoms with Crippen molar-refractivity contribution in [3.63, 3.8) is 0 Å². The number of hydrogen-bond donors (Lipinski definition) is 0. The number of carbonyl (C=O) groups is 1. The lowest BCUT2D eigenvalue weighted by Gasteiger charge is -2.10. The summed E-state index contributed by atoms with van der Waals surface area (Å²) in [6.07, 6.45) is 0.552. The fourth-order valence-corrected chi connectivity index (χ4v) is 2.85. The van der Waals surface area contributed by atoms with Crippen molar-refractivity contribution < 1.29 is 9.53 Å². The molecule has 0 radical (unpaired) electrons. The average molecular weight is 314 g/mol. The Kier molecular flexibility index (Phi) is 6.08. The predicted molar refractivity (Wildman–Crippen MR) is 93.2 cm³/mol. The second-order valence-electron chi connectivity index (χ2n) is 5.27. The summed E-state index contributed by atoms with van der Waals surface area (Å²) in [7, 11) is 0. The smallest absolute Gasteiger partial charge is 0.162 e. The molecule has 0 atom stereocenters. The minimum atomic E-state index is 0.190. The molecule has 0 aromatic heterocycles. The van der Waals surface area contributed by atoms with Gasteiger partial charge in [-0.2, -0.15) is 0 Å². The third-order valence-electron chi connectivity index (χ3n) is 3.45. The van der Waals surface area contributed by atoms with Crippen molar-refractivity contribution in [2.75, 3.05) is 12.4 Å². The Bertz CT molecular complexity index is 632. The number of hydrogen-bond acceptors (Lipinski definition) is 3. The zero-order valence-electron chi connectivity index (χ0n) is 13.4. The van der Waals surface area contributed by atoms with Crippen molar-refractivity contribution in [3.05, 3.63) is 59.2 Å². The van der Waals surface area contributed by atoms with Gasteiger partial charge in [0.2, 0.25) is 0 Å². The van der Waals surface area contributed by atoms with E-state index in [1.165, 1.54) is 5.56 Å². The maximum atomic E-state index is 11.6. The zero-order chi connectivity index (χ0) is 15.9. The van der Waals surface area contributed by atoms with E-state index >= 15 is 0 Å². The van der Waals surface area contributed by atoms with Crippen LogP contribution in [0.2, 0.25) is 0 Å². The molecule has 0 saturated carbocycles. The van der Waals surface area contributed by atoms with E-state index in [1.54, 1.807) is 11.8 Å². The first kappa shape index (κ1) is 16.6. The summed E-state index contributed by atoms with van der Waals surface area (Å²) < 4.78 is 5.84. The topological polar surface area (TPSA) is 26.3 Å². The van der Waals surface area contributed by atoms with Crippen LogP contribution >= 0.6 is 11.8 Å². The molecule has 0 N–H and O–H groups in total. The minimum absolute atomic E-state index is 0.190. The van der Waals surface area contributed by atoms with Gasteiger partial charge < -0.3 is 4.74 Å². The number of rotatable bonds is 7. The molecule has 0 spiro atoms. The second kappa shape index (κ2) is 8.04. The van der Waals surface area contributed by atoms with Gasteiger partial charge in [-0.05, 0) is 43.2 Å². The molecule has 0 bridgehead atoms. The number of thioether (sulfide) groups is 1. The fraction of sp³-hybridized carbons (Fsp3) is 0.316. The Labute approximate surface area is 136 Å².